The summed E-state index contributed by atoms with van der Waals surface area (Å²) in [6.07, 6.45) is 1.87. The Bertz CT molecular complexity index is 2710. The first-order valence-electron chi connectivity index (χ1n) is 15.2. The van der Waals surface area contributed by atoms with Gasteiger partial charge in [-0.05, 0) is 90.0 Å². The summed E-state index contributed by atoms with van der Waals surface area (Å²) in [4.78, 5) is 4.72. The monoisotopic (exact) mass is 575 g/mol. The fraction of sp³-hybridized carbons (Fsp3) is 0. The van der Waals surface area contributed by atoms with Crippen LogP contribution >= 0.6 is 0 Å². The lowest BCUT2D eigenvalue weighted by Crippen LogP contribution is -1.93. The number of fused-ring (bicyclic) bond motifs is 9. The van der Waals surface area contributed by atoms with Crippen LogP contribution in [0.25, 0.3) is 88.2 Å². The summed E-state index contributed by atoms with van der Waals surface area (Å²) < 4.78 is 11.0. The van der Waals surface area contributed by atoms with E-state index in [-0.39, 0.29) is 0 Å². The highest BCUT2D eigenvalue weighted by atomic mass is 16.3. The summed E-state index contributed by atoms with van der Waals surface area (Å²) in [5.74, 6) is 0. The molecule has 0 saturated heterocycles. The van der Waals surface area contributed by atoms with Crippen LogP contribution in [0.5, 0.6) is 0 Å². The van der Waals surface area contributed by atoms with Crippen LogP contribution in [0.15, 0.2) is 156 Å². The van der Waals surface area contributed by atoms with Crippen LogP contribution in [0.2, 0.25) is 0 Å². The van der Waals surface area contributed by atoms with Gasteiger partial charge in [-0.25, -0.2) is 0 Å². The molecule has 0 bridgehead atoms. The standard InChI is InChI=1S/C41H25N3O/c1-2-9-28(10-3-1)43-35-13-6-4-11-30(35)32-23-26(16-19-37(32)43)27-17-20-39-33(24-27)34-25-29(18-21-40(34)45-39)44-36-14-7-5-12-31(36)41-38(44)15-8-22-42-41/h1-25H. The van der Waals surface area contributed by atoms with Gasteiger partial charge in [0.15, 0.2) is 0 Å². The molecule has 0 atom stereocenters. The molecule has 0 aliphatic rings. The number of para-hydroxylation sites is 3. The highest BCUT2D eigenvalue weighted by molar-refractivity contribution is 6.12. The lowest BCUT2D eigenvalue weighted by atomic mass is 10.0. The quantitative estimate of drug-likeness (QED) is 0.210. The molecule has 4 aromatic heterocycles. The average molecular weight is 576 g/mol. The smallest absolute Gasteiger partial charge is 0.135 e. The minimum atomic E-state index is 0.881. The van der Waals surface area contributed by atoms with E-state index in [4.69, 9.17) is 9.40 Å². The molecule has 0 amide bonds. The summed E-state index contributed by atoms with van der Waals surface area (Å²) in [6.45, 7) is 0. The number of pyridine rings is 1. The molecular formula is C41H25N3O. The Morgan fingerprint density at radius 3 is 1.84 bits per heavy atom. The van der Waals surface area contributed by atoms with E-state index in [2.05, 4.69) is 149 Å². The molecule has 0 aliphatic heterocycles. The van der Waals surface area contributed by atoms with Crippen LogP contribution in [0.4, 0.5) is 0 Å². The Labute approximate surface area is 258 Å². The van der Waals surface area contributed by atoms with E-state index in [0.29, 0.717) is 0 Å². The highest BCUT2D eigenvalue weighted by Gasteiger charge is 2.16. The SMILES string of the molecule is c1ccc(-n2c3ccccc3c3cc(-c4ccc5oc6ccc(-n7c8ccccc8c8ncccc87)cc6c5c4)ccc32)cc1. The number of rotatable bonds is 3. The number of nitrogens with zero attached hydrogens (tertiary/aromatic N) is 3. The first kappa shape index (κ1) is 24.3. The number of aromatic nitrogens is 3. The minimum absolute atomic E-state index is 0.881. The molecule has 0 fully saturated rings. The van der Waals surface area contributed by atoms with Crippen molar-refractivity contribution in [2.24, 2.45) is 0 Å². The maximum atomic E-state index is 6.35. The maximum Gasteiger partial charge on any atom is 0.135 e. The number of benzene rings is 6. The van der Waals surface area contributed by atoms with Crippen LogP contribution in [-0.2, 0) is 0 Å². The molecule has 10 rings (SSSR count). The third kappa shape index (κ3) is 3.51. The van der Waals surface area contributed by atoms with E-state index in [9.17, 15) is 0 Å². The van der Waals surface area contributed by atoms with Gasteiger partial charge in [-0.3, -0.25) is 4.98 Å². The second-order valence-electron chi connectivity index (χ2n) is 11.6. The van der Waals surface area contributed by atoms with E-state index in [1.165, 1.54) is 27.4 Å². The van der Waals surface area contributed by atoms with Crippen molar-refractivity contribution in [2.75, 3.05) is 0 Å². The van der Waals surface area contributed by atoms with E-state index in [0.717, 1.165) is 60.8 Å². The molecule has 4 heteroatoms. The zero-order valence-electron chi connectivity index (χ0n) is 24.2. The summed E-state index contributed by atoms with van der Waals surface area (Å²) >= 11 is 0. The zero-order valence-corrected chi connectivity index (χ0v) is 24.2. The van der Waals surface area contributed by atoms with Crippen LogP contribution in [0, 0.1) is 0 Å². The highest BCUT2D eigenvalue weighted by Crippen LogP contribution is 2.38. The van der Waals surface area contributed by atoms with Crippen molar-refractivity contribution in [3.05, 3.63) is 152 Å². The zero-order chi connectivity index (χ0) is 29.5. The van der Waals surface area contributed by atoms with Gasteiger partial charge in [0, 0.05) is 44.5 Å². The molecule has 4 nitrogen and oxygen atoms in total. The molecule has 0 radical (unpaired) electrons. The number of hydrogen-bond donors (Lipinski definition) is 0. The fourth-order valence-electron chi connectivity index (χ4n) is 7.15. The fourth-order valence-corrected chi connectivity index (χ4v) is 7.15. The first-order chi connectivity index (χ1) is 22.3. The molecule has 4 heterocycles. The first-order valence-corrected chi connectivity index (χ1v) is 15.2. The molecule has 45 heavy (non-hydrogen) atoms. The lowest BCUT2D eigenvalue weighted by molar-refractivity contribution is 0.669. The molecule has 6 aromatic carbocycles. The van der Waals surface area contributed by atoms with Gasteiger partial charge in [0.05, 0.1) is 27.6 Å². The molecule has 10 aromatic rings. The van der Waals surface area contributed by atoms with Crippen molar-refractivity contribution in [3.63, 3.8) is 0 Å². The molecule has 0 spiro atoms. The Morgan fingerprint density at radius 1 is 0.400 bits per heavy atom. The Morgan fingerprint density at radius 2 is 1.00 bits per heavy atom. The predicted molar refractivity (Wildman–Crippen MR) is 186 cm³/mol. The summed E-state index contributed by atoms with van der Waals surface area (Å²) in [5, 5.41) is 5.84. The van der Waals surface area contributed by atoms with Gasteiger partial charge in [0.2, 0.25) is 0 Å². The van der Waals surface area contributed by atoms with Crippen molar-refractivity contribution >= 4 is 65.7 Å². The van der Waals surface area contributed by atoms with Gasteiger partial charge in [-0.1, -0.05) is 66.7 Å². The van der Waals surface area contributed by atoms with Crippen LogP contribution in [0.1, 0.15) is 0 Å². The summed E-state index contributed by atoms with van der Waals surface area (Å²) in [5.41, 5.74) is 12.0. The molecule has 0 unspecified atom stereocenters. The third-order valence-electron chi connectivity index (χ3n) is 9.16. The molecule has 0 N–H and O–H groups in total. The minimum Gasteiger partial charge on any atom is -0.456 e. The Kier molecular flexibility index (Phi) is 4.96. The maximum absolute atomic E-state index is 6.35. The summed E-state index contributed by atoms with van der Waals surface area (Å²) in [6, 6.07) is 51.7. The van der Waals surface area contributed by atoms with Gasteiger partial charge >= 0.3 is 0 Å². The van der Waals surface area contributed by atoms with Crippen molar-refractivity contribution in [1.29, 1.82) is 0 Å². The lowest BCUT2D eigenvalue weighted by Gasteiger charge is -2.08. The normalized spacial score (nSPS) is 12.0. The van der Waals surface area contributed by atoms with Crippen molar-refractivity contribution in [1.82, 2.24) is 14.1 Å². The van der Waals surface area contributed by atoms with E-state index < -0.39 is 0 Å². The molecule has 0 aliphatic carbocycles. The third-order valence-corrected chi connectivity index (χ3v) is 9.16. The number of furan rings is 1. The van der Waals surface area contributed by atoms with Crippen LogP contribution in [-0.4, -0.2) is 14.1 Å². The van der Waals surface area contributed by atoms with Gasteiger partial charge in [-0.2, -0.15) is 0 Å². The molecule has 210 valence electrons. The van der Waals surface area contributed by atoms with Crippen molar-refractivity contribution in [2.45, 2.75) is 0 Å². The predicted octanol–water partition coefficient (Wildman–Crippen LogP) is 10.8. The van der Waals surface area contributed by atoms with E-state index >= 15 is 0 Å². The van der Waals surface area contributed by atoms with Gasteiger partial charge in [0.1, 0.15) is 11.2 Å². The van der Waals surface area contributed by atoms with E-state index in [1.807, 2.05) is 12.3 Å². The molecule has 0 saturated carbocycles. The second-order valence-corrected chi connectivity index (χ2v) is 11.6. The van der Waals surface area contributed by atoms with Crippen molar-refractivity contribution < 1.29 is 4.42 Å². The average Bonchev–Trinajstić information content (AvgIpc) is 3.75. The Hall–Kier alpha value is -6.13. The van der Waals surface area contributed by atoms with Crippen LogP contribution in [0.3, 0.4) is 0 Å². The van der Waals surface area contributed by atoms with Gasteiger partial charge in [0.25, 0.3) is 0 Å². The van der Waals surface area contributed by atoms with Crippen molar-refractivity contribution in [3.8, 4) is 22.5 Å². The topological polar surface area (TPSA) is 35.9 Å². The van der Waals surface area contributed by atoms with Gasteiger partial charge < -0.3 is 13.6 Å². The number of hydrogen-bond acceptors (Lipinski definition) is 2. The van der Waals surface area contributed by atoms with Crippen LogP contribution < -0.4 is 0 Å². The molecular weight excluding hydrogens is 550 g/mol. The summed E-state index contributed by atoms with van der Waals surface area (Å²) in [7, 11) is 0. The second kappa shape index (κ2) is 9.18. The van der Waals surface area contributed by atoms with E-state index in [1.54, 1.807) is 0 Å². The van der Waals surface area contributed by atoms with Gasteiger partial charge in [-0.15, -0.1) is 0 Å². The largest absolute Gasteiger partial charge is 0.456 e. The Balaban J connectivity index is 1.16.